The number of rotatable bonds is 3. The van der Waals surface area contributed by atoms with Gasteiger partial charge in [-0.05, 0) is 23.1 Å². The van der Waals surface area contributed by atoms with Gasteiger partial charge in [-0.3, -0.25) is 0 Å². The van der Waals surface area contributed by atoms with Crippen molar-refractivity contribution in [1.29, 1.82) is 0 Å². The van der Waals surface area contributed by atoms with Crippen LogP contribution in [0.2, 0.25) is 10.0 Å². The van der Waals surface area contributed by atoms with Gasteiger partial charge in [0.1, 0.15) is 0 Å². The molecule has 4 nitrogen and oxygen atoms in total. The van der Waals surface area contributed by atoms with Crippen molar-refractivity contribution in [3.8, 4) is 0 Å². The van der Waals surface area contributed by atoms with Crippen LogP contribution in [-0.4, -0.2) is 10.1 Å². The van der Waals surface area contributed by atoms with Gasteiger partial charge < -0.3 is 10.3 Å². The minimum atomic E-state index is -0.314. The lowest BCUT2D eigenvalue weighted by molar-refractivity contribution is 0.252. The second kappa shape index (κ2) is 5.72. The Morgan fingerprint density at radius 3 is 2.40 bits per heavy atom. The predicted molar refractivity (Wildman–Crippen MR) is 79.9 cm³/mol. The van der Waals surface area contributed by atoms with Crippen molar-refractivity contribution in [2.24, 2.45) is 11.1 Å². The third-order valence-electron chi connectivity index (χ3n) is 3.08. The summed E-state index contributed by atoms with van der Waals surface area (Å²) >= 11 is 12.3. The molecule has 1 heterocycles. The standard InChI is InChI=1S/C14H17Cl2N3O/c1-14(2,3)12(17)13-18-11(19-20-13)7-8-9(15)5-4-6-10(8)16/h4-6,12H,7,17H2,1-3H3/t12-/m0/s1. The minimum Gasteiger partial charge on any atom is -0.338 e. The highest BCUT2D eigenvalue weighted by Crippen LogP contribution is 2.30. The van der Waals surface area contributed by atoms with Crippen molar-refractivity contribution in [2.45, 2.75) is 33.2 Å². The number of nitrogens with zero attached hydrogens (tertiary/aromatic N) is 2. The molecule has 1 aromatic carbocycles. The van der Waals surface area contributed by atoms with Crippen LogP contribution in [0.4, 0.5) is 0 Å². The summed E-state index contributed by atoms with van der Waals surface area (Å²) in [6.07, 6.45) is 0.416. The van der Waals surface area contributed by atoms with Gasteiger partial charge >= 0.3 is 0 Å². The summed E-state index contributed by atoms with van der Waals surface area (Å²) in [7, 11) is 0. The molecule has 0 amide bonds. The van der Waals surface area contributed by atoms with Crippen LogP contribution >= 0.6 is 23.2 Å². The monoisotopic (exact) mass is 313 g/mol. The molecule has 2 aromatic rings. The number of halogens is 2. The van der Waals surface area contributed by atoms with E-state index in [-0.39, 0.29) is 11.5 Å². The molecule has 1 atom stereocenters. The zero-order chi connectivity index (χ0) is 14.9. The number of hydrogen-bond acceptors (Lipinski definition) is 4. The minimum absolute atomic E-state index is 0.147. The average molecular weight is 314 g/mol. The van der Waals surface area contributed by atoms with Crippen molar-refractivity contribution >= 4 is 23.2 Å². The Balaban J connectivity index is 2.22. The topological polar surface area (TPSA) is 64.9 Å². The smallest absolute Gasteiger partial charge is 0.244 e. The van der Waals surface area contributed by atoms with Crippen molar-refractivity contribution in [1.82, 2.24) is 10.1 Å². The maximum atomic E-state index is 6.13. The lowest BCUT2D eigenvalue weighted by Crippen LogP contribution is -2.26. The quantitative estimate of drug-likeness (QED) is 0.929. The first-order valence-electron chi connectivity index (χ1n) is 6.30. The van der Waals surface area contributed by atoms with Crippen LogP contribution in [-0.2, 0) is 6.42 Å². The largest absolute Gasteiger partial charge is 0.338 e. The molecule has 0 bridgehead atoms. The molecule has 1 aromatic heterocycles. The summed E-state index contributed by atoms with van der Waals surface area (Å²) in [6, 6.07) is 5.05. The molecule has 0 saturated heterocycles. The van der Waals surface area contributed by atoms with E-state index in [1.165, 1.54) is 0 Å². The van der Waals surface area contributed by atoms with E-state index >= 15 is 0 Å². The Hall–Kier alpha value is -1.10. The molecule has 0 aliphatic carbocycles. The Morgan fingerprint density at radius 1 is 1.25 bits per heavy atom. The molecule has 0 aliphatic rings. The normalized spacial score (nSPS) is 13.5. The van der Waals surface area contributed by atoms with Crippen LogP contribution in [0.1, 0.15) is 44.1 Å². The van der Waals surface area contributed by atoms with Crippen LogP contribution in [0.3, 0.4) is 0 Å². The Kier molecular flexibility index (Phi) is 4.37. The maximum Gasteiger partial charge on any atom is 0.244 e. The summed E-state index contributed by atoms with van der Waals surface area (Å²) in [5, 5.41) is 5.12. The van der Waals surface area contributed by atoms with Crippen LogP contribution in [0.5, 0.6) is 0 Å². The highest BCUT2D eigenvalue weighted by atomic mass is 35.5. The predicted octanol–water partition coefficient (Wildman–Crippen LogP) is 4.01. The van der Waals surface area contributed by atoms with Crippen LogP contribution < -0.4 is 5.73 Å². The first kappa shape index (κ1) is 15.3. The number of benzene rings is 1. The second-order valence-corrected chi connectivity index (χ2v) is 6.58. The number of hydrogen-bond donors (Lipinski definition) is 1. The highest BCUT2D eigenvalue weighted by Gasteiger charge is 2.27. The molecular weight excluding hydrogens is 297 g/mol. The van der Waals surface area contributed by atoms with Gasteiger partial charge in [0, 0.05) is 16.5 Å². The molecule has 0 aliphatic heterocycles. The number of aromatic nitrogens is 2. The van der Waals surface area contributed by atoms with Gasteiger partial charge in [0.25, 0.3) is 0 Å². The fourth-order valence-corrected chi connectivity index (χ4v) is 2.23. The average Bonchev–Trinajstić information content (AvgIpc) is 2.80. The second-order valence-electron chi connectivity index (χ2n) is 5.77. The fourth-order valence-electron chi connectivity index (χ4n) is 1.70. The zero-order valence-corrected chi connectivity index (χ0v) is 13.2. The molecule has 0 spiro atoms. The lowest BCUT2D eigenvalue weighted by atomic mass is 9.87. The van der Waals surface area contributed by atoms with E-state index in [0.29, 0.717) is 28.2 Å². The van der Waals surface area contributed by atoms with Crippen molar-refractivity contribution in [2.75, 3.05) is 0 Å². The van der Waals surface area contributed by atoms with Crippen molar-refractivity contribution in [3.63, 3.8) is 0 Å². The van der Waals surface area contributed by atoms with Crippen LogP contribution in [0.25, 0.3) is 0 Å². The third kappa shape index (κ3) is 3.32. The Morgan fingerprint density at radius 2 is 1.85 bits per heavy atom. The molecule has 108 valence electrons. The molecule has 0 unspecified atom stereocenters. The maximum absolute atomic E-state index is 6.13. The summed E-state index contributed by atoms with van der Waals surface area (Å²) < 4.78 is 5.23. The lowest BCUT2D eigenvalue weighted by Gasteiger charge is -2.23. The fraction of sp³-hybridized carbons (Fsp3) is 0.429. The van der Waals surface area contributed by atoms with Gasteiger partial charge in [0.2, 0.25) is 5.89 Å². The van der Waals surface area contributed by atoms with Gasteiger partial charge in [0.05, 0.1) is 6.04 Å². The Labute approximate surface area is 128 Å². The van der Waals surface area contributed by atoms with E-state index in [9.17, 15) is 0 Å². The van der Waals surface area contributed by atoms with Crippen molar-refractivity contribution < 1.29 is 4.52 Å². The molecule has 0 fully saturated rings. The van der Waals surface area contributed by atoms with Gasteiger partial charge in [-0.2, -0.15) is 4.98 Å². The molecule has 2 N–H and O–H groups in total. The van der Waals surface area contributed by atoms with Crippen LogP contribution in [0.15, 0.2) is 22.7 Å². The van der Waals surface area contributed by atoms with E-state index in [0.717, 1.165) is 5.56 Å². The van der Waals surface area contributed by atoms with Gasteiger partial charge in [0.15, 0.2) is 5.82 Å². The van der Waals surface area contributed by atoms with Gasteiger partial charge in [-0.15, -0.1) is 0 Å². The zero-order valence-electron chi connectivity index (χ0n) is 11.7. The molecule has 0 radical (unpaired) electrons. The SMILES string of the molecule is CC(C)(C)[C@@H](N)c1nc(Cc2c(Cl)cccc2Cl)no1. The summed E-state index contributed by atoms with van der Waals surface area (Å²) in [6.45, 7) is 6.06. The van der Waals surface area contributed by atoms with E-state index < -0.39 is 0 Å². The van der Waals surface area contributed by atoms with E-state index in [1.807, 2.05) is 20.8 Å². The molecule has 0 saturated carbocycles. The summed E-state index contributed by atoms with van der Waals surface area (Å²) in [5.74, 6) is 0.949. The van der Waals surface area contributed by atoms with E-state index in [4.69, 9.17) is 33.5 Å². The molecular formula is C14H17Cl2N3O. The Bertz CT molecular complexity index is 584. The molecule has 20 heavy (non-hydrogen) atoms. The molecule has 2 rings (SSSR count). The first-order chi connectivity index (χ1) is 9.29. The first-order valence-corrected chi connectivity index (χ1v) is 7.05. The molecule has 6 heteroatoms. The summed E-state index contributed by atoms with van der Waals surface area (Å²) in [5.41, 5.74) is 6.73. The third-order valence-corrected chi connectivity index (χ3v) is 3.79. The van der Waals surface area contributed by atoms with E-state index in [2.05, 4.69) is 10.1 Å². The van der Waals surface area contributed by atoms with Gasteiger partial charge in [-0.25, -0.2) is 0 Å². The van der Waals surface area contributed by atoms with Gasteiger partial charge in [-0.1, -0.05) is 55.2 Å². The highest BCUT2D eigenvalue weighted by molar-refractivity contribution is 6.36. The summed E-state index contributed by atoms with van der Waals surface area (Å²) in [4.78, 5) is 4.33. The van der Waals surface area contributed by atoms with Crippen LogP contribution in [0, 0.1) is 5.41 Å². The van der Waals surface area contributed by atoms with E-state index in [1.54, 1.807) is 18.2 Å². The van der Waals surface area contributed by atoms with Crippen molar-refractivity contribution in [3.05, 3.63) is 45.5 Å². The number of nitrogens with two attached hydrogens (primary N) is 1.